The van der Waals surface area contributed by atoms with Crippen LogP contribution in [0.15, 0.2) is 48.7 Å². The molecular weight excluding hydrogens is 424 g/mol. The number of benzene rings is 2. The maximum atomic E-state index is 13.2. The minimum Gasteiger partial charge on any atom is -0.497 e. The van der Waals surface area contributed by atoms with Gasteiger partial charge in [0.25, 0.3) is 5.91 Å². The van der Waals surface area contributed by atoms with E-state index in [0.29, 0.717) is 47.4 Å². The second-order valence-corrected chi connectivity index (χ2v) is 7.71. The van der Waals surface area contributed by atoms with E-state index in [4.69, 9.17) is 14.2 Å². The van der Waals surface area contributed by atoms with Crippen LogP contribution < -0.4 is 19.5 Å². The minimum absolute atomic E-state index is 0.111. The predicted octanol–water partition coefficient (Wildman–Crippen LogP) is 2.97. The average molecular weight is 450 g/mol. The first-order valence-electron chi connectivity index (χ1n) is 10.6. The summed E-state index contributed by atoms with van der Waals surface area (Å²) in [5, 5.41) is 7.26. The van der Waals surface area contributed by atoms with E-state index in [2.05, 4.69) is 10.4 Å². The van der Waals surface area contributed by atoms with Crippen molar-refractivity contribution >= 4 is 17.5 Å². The number of hydrogen-bond acceptors (Lipinski definition) is 6. The minimum atomic E-state index is -0.310. The van der Waals surface area contributed by atoms with Gasteiger partial charge >= 0.3 is 0 Å². The number of fused-ring (bicyclic) bond motifs is 1. The van der Waals surface area contributed by atoms with Crippen molar-refractivity contribution in [1.29, 1.82) is 0 Å². The van der Waals surface area contributed by atoms with Crippen molar-refractivity contribution < 1.29 is 23.8 Å². The molecule has 0 radical (unpaired) electrons. The van der Waals surface area contributed by atoms with Gasteiger partial charge in [-0.05, 0) is 42.5 Å². The van der Waals surface area contributed by atoms with Gasteiger partial charge in [0.05, 0.1) is 32.4 Å². The number of nitrogens with zero attached hydrogens (tertiary/aromatic N) is 3. The standard InChI is InChI=1S/C24H26N4O5/c1-27(15-22(29)25-17-6-8-18(31-3)9-7-17)24(30)19-14-28(2)26-23(19)16-5-10-20-21(13-16)33-12-4-11-32-20/h5-10,13-14H,4,11-12,15H2,1-3H3,(H,25,29). The van der Waals surface area contributed by atoms with Gasteiger partial charge in [-0.3, -0.25) is 14.3 Å². The highest BCUT2D eigenvalue weighted by atomic mass is 16.5. The van der Waals surface area contributed by atoms with Crippen LogP contribution in [0.1, 0.15) is 16.8 Å². The highest BCUT2D eigenvalue weighted by Crippen LogP contribution is 2.35. The molecule has 1 N–H and O–H groups in total. The first kappa shape index (κ1) is 22.2. The molecule has 172 valence electrons. The van der Waals surface area contributed by atoms with E-state index in [0.717, 1.165) is 12.0 Å². The van der Waals surface area contributed by atoms with E-state index in [9.17, 15) is 9.59 Å². The molecule has 0 aliphatic carbocycles. The number of carbonyl (C=O) groups excluding carboxylic acids is 2. The number of carbonyl (C=O) groups is 2. The maximum Gasteiger partial charge on any atom is 0.257 e. The normalized spacial score (nSPS) is 12.6. The third-order valence-electron chi connectivity index (χ3n) is 5.18. The number of aromatic nitrogens is 2. The van der Waals surface area contributed by atoms with Crippen molar-refractivity contribution in [2.75, 3.05) is 39.2 Å². The Morgan fingerprint density at radius 3 is 2.58 bits per heavy atom. The number of hydrogen-bond donors (Lipinski definition) is 1. The van der Waals surface area contributed by atoms with Gasteiger partial charge < -0.3 is 24.4 Å². The van der Waals surface area contributed by atoms with Crippen LogP contribution >= 0.6 is 0 Å². The lowest BCUT2D eigenvalue weighted by Gasteiger charge is -2.17. The van der Waals surface area contributed by atoms with Crippen LogP contribution in [0.25, 0.3) is 11.3 Å². The number of ether oxygens (including phenoxy) is 3. The Balaban J connectivity index is 1.49. The third kappa shape index (κ3) is 5.08. The summed E-state index contributed by atoms with van der Waals surface area (Å²) in [6.45, 7) is 1.06. The third-order valence-corrected chi connectivity index (χ3v) is 5.18. The molecule has 33 heavy (non-hydrogen) atoms. The molecule has 0 bridgehead atoms. The molecule has 1 aliphatic heterocycles. The van der Waals surface area contributed by atoms with Crippen LogP contribution in [0, 0.1) is 0 Å². The van der Waals surface area contributed by atoms with Gasteiger partial charge in [0.15, 0.2) is 11.5 Å². The molecule has 1 aromatic heterocycles. The molecule has 3 aromatic rings. The predicted molar refractivity (Wildman–Crippen MR) is 123 cm³/mol. The van der Waals surface area contributed by atoms with Crippen LogP contribution in [0.3, 0.4) is 0 Å². The van der Waals surface area contributed by atoms with Crippen molar-refractivity contribution in [2.24, 2.45) is 7.05 Å². The zero-order valence-corrected chi connectivity index (χ0v) is 18.8. The Morgan fingerprint density at radius 2 is 1.85 bits per heavy atom. The molecule has 4 rings (SSSR count). The second kappa shape index (κ2) is 9.64. The Bertz CT molecular complexity index is 1160. The second-order valence-electron chi connectivity index (χ2n) is 7.71. The van der Waals surface area contributed by atoms with Gasteiger partial charge in [-0.15, -0.1) is 0 Å². The molecule has 2 heterocycles. The SMILES string of the molecule is COc1ccc(NC(=O)CN(C)C(=O)c2cn(C)nc2-c2ccc3c(c2)OCCCO3)cc1. The summed E-state index contributed by atoms with van der Waals surface area (Å²) in [4.78, 5) is 27.0. The van der Waals surface area contributed by atoms with E-state index in [-0.39, 0.29) is 18.4 Å². The Hall–Kier alpha value is -4.01. The lowest BCUT2D eigenvalue weighted by molar-refractivity contribution is -0.116. The molecule has 0 atom stereocenters. The Morgan fingerprint density at radius 1 is 1.12 bits per heavy atom. The van der Waals surface area contributed by atoms with Crippen LogP contribution in [-0.2, 0) is 11.8 Å². The Labute approximate surface area is 191 Å². The molecule has 0 saturated heterocycles. The first-order chi connectivity index (χ1) is 15.9. The molecule has 2 amide bonds. The quantitative estimate of drug-likeness (QED) is 0.621. The average Bonchev–Trinajstić information content (AvgIpc) is 3.05. The van der Waals surface area contributed by atoms with E-state index in [1.807, 2.05) is 18.2 Å². The lowest BCUT2D eigenvalue weighted by atomic mass is 10.1. The summed E-state index contributed by atoms with van der Waals surface area (Å²) in [7, 11) is 4.91. The smallest absolute Gasteiger partial charge is 0.257 e. The van der Waals surface area contributed by atoms with E-state index in [1.165, 1.54) is 4.90 Å². The highest BCUT2D eigenvalue weighted by molar-refractivity contribution is 6.02. The monoisotopic (exact) mass is 450 g/mol. The van der Waals surface area contributed by atoms with E-state index < -0.39 is 0 Å². The Kier molecular flexibility index (Phi) is 6.48. The molecule has 1 aliphatic rings. The molecule has 0 unspecified atom stereocenters. The fourth-order valence-corrected chi connectivity index (χ4v) is 3.54. The summed E-state index contributed by atoms with van der Waals surface area (Å²) in [6.07, 6.45) is 2.46. The molecule has 9 heteroatoms. The van der Waals surface area contributed by atoms with E-state index >= 15 is 0 Å². The highest BCUT2D eigenvalue weighted by Gasteiger charge is 2.23. The van der Waals surface area contributed by atoms with Crippen LogP contribution in [-0.4, -0.2) is 60.4 Å². The summed E-state index contributed by atoms with van der Waals surface area (Å²) in [5.74, 6) is 1.37. The van der Waals surface area contributed by atoms with Crippen molar-refractivity contribution in [1.82, 2.24) is 14.7 Å². The number of amides is 2. The number of likely N-dealkylation sites (N-methyl/N-ethyl adjacent to an activating group) is 1. The summed E-state index contributed by atoms with van der Waals surface area (Å²) in [6, 6.07) is 12.5. The van der Waals surface area contributed by atoms with Gasteiger partial charge in [-0.25, -0.2) is 0 Å². The molecule has 9 nitrogen and oxygen atoms in total. The van der Waals surface area contributed by atoms with Gasteiger partial charge in [-0.1, -0.05) is 0 Å². The largest absolute Gasteiger partial charge is 0.497 e. The zero-order valence-electron chi connectivity index (χ0n) is 18.8. The summed E-state index contributed by atoms with van der Waals surface area (Å²) >= 11 is 0. The fourth-order valence-electron chi connectivity index (χ4n) is 3.54. The summed E-state index contributed by atoms with van der Waals surface area (Å²) in [5.41, 5.74) is 2.27. The van der Waals surface area contributed by atoms with Gasteiger partial charge in [-0.2, -0.15) is 5.10 Å². The molecule has 0 fully saturated rings. The van der Waals surface area contributed by atoms with Gasteiger partial charge in [0.2, 0.25) is 5.91 Å². The number of aryl methyl sites for hydroxylation is 1. The molecular formula is C24H26N4O5. The number of anilines is 1. The molecule has 2 aromatic carbocycles. The molecule has 0 spiro atoms. The van der Waals surface area contributed by atoms with Crippen LogP contribution in [0.2, 0.25) is 0 Å². The van der Waals surface area contributed by atoms with Crippen molar-refractivity contribution in [3.63, 3.8) is 0 Å². The van der Waals surface area contributed by atoms with Crippen LogP contribution in [0.5, 0.6) is 17.2 Å². The number of methoxy groups -OCH3 is 1. The topological polar surface area (TPSA) is 94.9 Å². The van der Waals surface area contributed by atoms with Gasteiger partial charge in [0, 0.05) is 38.0 Å². The van der Waals surface area contributed by atoms with Crippen LogP contribution in [0.4, 0.5) is 5.69 Å². The molecule has 0 saturated carbocycles. The zero-order chi connectivity index (χ0) is 23.4. The van der Waals surface area contributed by atoms with E-state index in [1.54, 1.807) is 56.3 Å². The number of nitrogens with one attached hydrogen (secondary N) is 1. The first-order valence-corrected chi connectivity index (χ1v) is 10.6. The van der Waals surface area contributed by atoms with Crippen molar-refractivity contribution in [3.05, 3.63) is 54.2 Å². The summed E-state index contributed by atoms with van der Waals surface area (Å²) < 4.78 is 18.2. The maximum absolute atomic E-state index is 13.2. The number of rotatable bonds is 6. The van der Waals surface area contributed by atoms with Crippen molar-refractivity contribution in [3.8, 4) is 28.5 Å². The van der Waals surface area contributed by atoms with Crippen molar-refractivity contribution in [2.45, 2.75) is 6.42 Å². The fraction of sp³-hybridized carbons (Fsp3) is 0.292. The lowest BCUT2D eigenvalue weighted by Crippen LogP contribution is -2.35. The van der Waals surface area contributed by atoms with Gasteiger partial charge in [0.1, 0.15) is 11.4 Å².